The van der Waals surface area contributed by atoms with E-state index in [9.17, 15) is 14.4 Å². The number of nitrogens with one attached hydrogen (secondary N) is 2. The van der Waals surface area contributed by atoms with Crippen LogP contribution in [0.4, 0.5) is 5.69 Å². The number of carbonyl (C=O) groups is 3. The van der Waals surface area contributed by atoms with Crippen molar-refractivity contribution in [3.05, 3.63) is 64.7 Å². The Balaban J connectivity index is 2.11. The summed E-state index contributed by atoms with van der Waals surface area (Å²) in [6.45, 7) is 1.39. The molecule has 4 N–H and O–H groups in total. The molecule has 2 aromatic rings. The zero-order chi connectivity index (χ0) is 18.4. The third-order valence-electron chi connectivity index (χ3n) is 3.47. The van der Waals surface area contributed by atoms with Crippen LogP contribution in [0.25, 0.3) is 0 Å². The van der Waals surface area contributed by atoms with Crippen molar-refractivity contribution < 1.29 is 14.4 Å². The fraction of sp³-hybridized carbons (Fsp3) is 0.167. The van der Waals surface area contributed by atoms with Gasteiger partial charge in [0.15, 0.2) is 0 Å². The molecule has 0 spiro atoms. The Morgan fingerprint density at radius 1 is 1.12 bits per heavy atom. The molecule has 0 aliphatic rings. The molecule has 0 aliphatic heterocycles. The van der Waals surface area contributed by atoms with Crippen molar-refractivity contribution >= 4 is 35.0 Å². The van der Waals surface area contributed by atoms with Gasteiger partial charge in [0.25, 0.3) is 0 Å². The summed E-state index contributed by atoms with van der Waals surface area (Å²) in [7, 11) is 0. The van der Waals surface area contributed by atoms with Gasteiger partial charge in [0.1, 0.15) is 0 Å². The average molecular weight is 360 g/mol. The molecular weight excluding hydrogens is 342 g/mol. The van der Waals surface area contributed by atoms with Crippen LogP contribution in [0.2, 0.25) is 5.02 Å². The molecule has 0 aliphatic carbocycles. The molecule has 0 aromatic heterocycles. The molecule has 2 rings (SSSR count). The molecule has 0 heterocycles. The Morgan fingerprint density at radius 3 is 2.40 bits per heavy atom. The third kappa shape index (κ3) is 5.61. The first-order chi connectivity index (χ1) is 11.8. The lowest BCUT2D eigenvalue weighted by atomic mass is 10.0. The van der Waals surface area contributed by atoms with Crippen molar-refractivity contribution in [3.63, 3.8) is 0 Å². The molecule has 0 saturated carbocycles. The van der Waals surface area contributed by atoms with Gasteiger partial charge in [-0.2, -0.15) is 0 Å². The molecule has 6 nitrogen and oxygen atoms in total. The molecule has 130 valence electrons. The normalized spacial score (nSPS) is 11.4. The van der Waals surface area contributed by atoms with Gasteiger partial charge in [-0.3, -0.25) is 14.4 Å². The van der Waals surface area contributed by atoms with Crippen molar-refractivity contribution in [2.24, 2.45) is 5.73 Å². The summed E-state index contributed by atoms with van der Waals surface area (Å²) < 4.78 is 0. The SMILES string of the molecule is CC(=O)NC(CC(=O)Nc1cccc(C(N)=O)c1)c1ccc(Cl)cc1. The summed E-state index contributed by atoms with van der Waals surface area (Å²) in [5.74, 6) is -1.13. The van der Waals surface area contributed by atoms with E-state index in [-0.39, 0.29) is 18.2 Å². The molecule has 0 radical (unpaired) electrons. The molecule has 7 heteroatoms. The standard InChI is InChI=1S/C18H18ClN3O3/c1-11(23)21-16(12-5-7-14(19)8-6-12)10-17(24)22-15-4-2-3-13(9-15)18(20)25/h2-9,16H,10H2,1H3,(H2,20,25)(H,21,23)(H,22,24). The molecule has 0 saturated heterocycles. The number of benzene rings is 2. The summed E-state index contributed by atoms with van der Waals surface area (Å²) >= 11 is 5.87. The van der Waals surface area contributed by atoms with Gasteiger partial charge < -0.3 is 16.4 Å². The van der Waals surface area contributed by atoms with Crippen molar-refractivity contribution in [1.82, 2.24) is 5.32 Å². The predicted molar refractivity (Wildman–Crippen MR) is 96.2 cm³/mol. The highest BCUT2D eigenvalue weighted by atomic mass is 35.5. The Kier molecular flexibility index (Phi) is 6.14. The minimum Gasteiger partial charge on any atom is -0.366 e. The van der Waals surface area contributed by atoms with E-state index in [2.05, 4.69) is 10.6 Å². The van der Waals surface area contributed by atoms with Crippen LogP contribution in [0.1, 0.15) is 35.3 Å². The van der Waals surface area contributed by atoms with Crippen LogP contribution in [-0.2, 0) is 9.59 Å². The number of hydrogen-bond acceptors (Lipinski definition) is 3. The van der Waals surface area contributed by atoms with Gasteiger partial charge in [-0.25, -0.2) is 0 Å². The highest BCUT2D eigenvalue weighted by molar-refractivity contribution is 6.30. The monoisotopic (exact) mass is 359 g/mol. The van der Waals surface area contributed by atoms with Crippen molar-refractivity contribution in [3.8, 4) is 0 Å². The zero-order valence-electron chi connectivity index (χ0n) is 13.6. The maximum Gasteiger partial charge on any atom is 0.248 e. The topological polar surface area (TPSA) is 101 Å². The van der Waals surface area contributed by atoms with Gasteiger partial charge in [0.2, 0.25) is 17.7 Å². The van der Waals surface area contributed by atoms with E-state index in [0.717, 1.165) is 5.56 Å². The second kappa shape index (κ2) is 8.30. The first-order valence-electron chi connectivity index (χ1n) is 7.57. The summed E-state index contributed by atoms with van der Waals surface area (Å²) in [4.78, 5) is 35.0. The lowest BCUT2D eigenvalue weighted by Gasteiger charge is -2.18. The van der Waals surface area contributed by atoms with Crippen molar-refractivity contribution in [1.29, 1.82) is 0 Å². The molecular formula is C18H18ClN3O3. The molecule has 0 fully saturated rings. The Labute approximate surface area is 150 Å². The van der Waals surface area contributed by atoms with Crippen molar-refractivity contribution in [2.75, 3.05) is 5.32 Å². The predicted octanol–water partition coefficient (Wildman–Crippen LogP) is 2.64. The minimum absolute atomic E-state index is 0.0298. The zero-order valence-corrected chi connectivity index (χ0v) is 14.3. The maximum atomic E-state index is 12.3. The summed E-state index contributed by atoms with van der Waals surface area (Å²) in [5, 5.41) is 6.01. The van der Waals surface area contributed by atoms with Crippen LogP contribution in [0, 0.1) is 0 Å². The van der Waals surface area contributed by atoms with Crippen LogP contribution in [-0.4, -0.2) is 17.7 Å². The number of carbonyl (C=O) groups excluding carboxylic acids is 3. The van der Waals surface area contributed by atoms with E-state index in [1.807, 2.05) is 0 Å². The molecule has 2 aromatic carbocycles. The summed E-state index contributed by atoms with van der Waals surface area (Å²) in [6.07, 6.45) is 0.0298. The van der Waals surface area contributed by atoms with Gasteiger partial charge in [0.05, 0.1) is 12.5 Å². The molecule has 3 amide bonds. The number of anilines is 1. The molecule has 0 bridgehead atoms. The molecule has 1 unspecified atom stereocenters. The second-order valence-electron chi connectivity index (χ2n) is 5.50. The van der Waals surface area contributed by atoms with Crippen LogP contribution in [0.3, 0.4) is 0 Å². The number of nitrogens with two attached hydrogens (primary N) is 1. The number of hydrogen-bond donors (Lipinski definition) is 3. The van der Waals surface area contributed by atoms with Crippen LogP contribution in [0.5, 0.6) is 0 Å². The number of rotatable bonds is 6. The second-order valence-corrected chi connectivity index (χ2v) is 5.94. The number of amides is 3. The van der Waals surface area contributed by atoms with Gasteiger partial charge in [0, 0.05) is 23.2 Å². The van der Waals surface area contributed by atoms with Gasteiger partial charge >= 0.3 is 0 Å². The van der Waals surface area contributed by atoms with E-state index in [4.69, 9.17) is 17.3 Å². The first kappa shape index (κ1) is 18.5. The van der Waals surface area contributed by atoms with Gasteiger partial charge in [-0.1, -0.05) is 29.8 Å². The van der Waals surface area contributed by atoms with Crippen molar-refractivity contribution in [2.45, 2.75) is 19.4 Å². The number of halogens is 1. The van der Waals surface area contributed by atoms with E-state index >= 15 is 0 Å². The average Bonchev–Trinajstić information content (AvgIpc) is 2.54. The van der Waals surface area contributed by atoms with E-state index < -0.39 is 11.9 Å². The Bertz CT molecular complexity index is 790. The number of primary amides is 1. The minimum atomic E-state index is -0.576. The summed E-state index contributed by atoms with van der Waals surface area (Å²) in [5.41, 5.74) is 6.75. The highest BCUT2D eigenvalue weighted by Crippen LogP contribution is 2.20. The van der Waals surface area contributed by atoms with Crippen LogP contribution in [0.15, 0.2) is 48.5 Å². The largest absolute Gasteiger partial charge is 0.366 e. The van der Waals surface area contributed by atoms with E-state index in [1.54, 1.807) is 42.5 Å². The maximum absolute atomic E-state index is 12.3. The third-order valence-corrected chi connectivity index (χ3v) is 3.72. The Morgan fingerprint density at radius 2 is 1.80 bits per heavy atom. The lowest BCUT2D eigenvalue weighted by Crippen LogP contribution is -2.29. The quantitative estimate of drug-likeness (QED) is 0.738. The summed E-state index contributed by atoms with van der Waals surface area (Å²) in [6, 6.07) is 12.7. The fourth-order valence-electron chi connectivity index (χ4n) is 2.34. The van der Waals surface area contributed by atoms with Gasteiger partial charge in [-0.15, -0.1) is 0 Å². The van der Waals surface area contributed by atoms with Gasteiger partial charge in [-0.05, 0) is 35.9 Å². The fourth-order valence-corrected chi connectivity index (χ4v) is 2.47. The molecule has 25 heavy (non-hydrogen) atoms. The van der Waals surface area contributed by atoms with Crippen LogP contribution < -0.4 is 16.4 Å². The highest BCUT2D eigenvalue weighted by Gasteiger charge is 2.17. The van der Waals surface area contributed by atoms with E-state index in [0.29, 0.717) is 16.3 Å². The lowest BCUT2D eigenvalue weighted by molar-refractivity contribution is -0.120. The Hall–Kier alpha value is -2.86. The first-order valence-corrected chi connectivity index (χ1v) is 7.95. The molecule has 1 atom stereocenters. The van der Waals surface area contributed by atoms with E-state index in [1.165, 1.54) is 13.0 Å². The smallest absolute Gasteiger partial charge is 0.248 e. The van der Waals surface area contributed by atoms with Crippen LogP contribution >= 0.6 is 11.6 Å².